The van der Waals surface area contributed by atoms with Crippen molar-refractivity contribution < 1.29 is 13.2 Å². The minimum atomic E-state index is -4.45. The highest BCUT2D eigenvalue weighted by atomic mass is 19.4. The monoisotopic (exact) mass is 345 g/mol. The lowest BCUT2D eigenvalue weighted by Crippen LogP contribution is -2.52. The minimum absolute atomic E-state index is 0.0592. The van der Waals surface area contributed by atoms with Crippen LogP contribution in [0.25, 0.3) is 0 Å². The summed E-state index contributed by atoms with van der Waals surface area (Å²) >= 11 is 0. The number of aromatic nitrogens is 1. The smallest absolute Gasteiger partial charge is 0.296 e. The molecule has 128 valence electrons. The van der Waals surface area contributed by atoms with Crippen molar-refractivity contribution in [3.8, 4) is 0 Å². The van der Waals surface area contributed by atoms with E-state index in [1.165, 1.54) is 11.0 Å². The van der Waals surface area contributed by atoms with Crippen LogP contribution in [0, 0.1) is 5.41 Å². The van der Waals surface area contributed by atoms with Crippen molar-refractivity contribution in [1.82, 2.24) is 9.88 Å². The van der Waals surface area contributed by atoms with Crippen LogP contribution in [0.2, 0.25) is 0 Å². The standard InChI is InChI=1S/C17H14F3N5/c18-17(19,20)11-4-1-5-12(10-11)25-15-13(6-2-7-23-15)14-22-8-3-9-24(14)16(25)21/h1-2,4-7,10,21H,3,8-9H2. The fourth-order valence-corrected chi connectivity index (χ4v) is 3.08. The molecular formula is C17H14F3N5. The van der Waals surface area contributed by atoms with Crippen molar-refractivity contribution >= 4 is 23.3 Å². The Balaban J connectivity index is 1.89. The Morgan fingerprint density at radius 1 is 1.12 bits per heavy atom. The summed E-state index contributed by atoms with van der Waals surface area (Å²) < 4.78 is 39.2. The molecule has 0 spiro atoms. The third-order valence-electron chi connectivity index (χ3n) is 4.20. The number of rotatable bonds is 1. The lowest BCUT2D eigenvalue weighted by atomic mass is 10.1. The topological polar surface area (TPSA) is 55.6 Å². The summed E-state index contributed by atoms with van der Waals surface area (Å²) in [5.41, 5.74) is 0.216. The minimum Gasteiger partial charge on any atom is -0.296 e. The number of anilines is 2. The first-order valence-electron chi connectivity index (χ1n) is 7.80. The van der Waals surface area contributed by atoms with Crippen LogP contribution in [0.3, 0.4) is 0 Å². The molecule has 0 saturated carbocycles. The summed E-state index contributed by atoms with van der Waals surface area (Å²) in [5, 5.41) is 8.52. The average Bonchev–Trinajstić information content (AvgIpc) is 2.62. The lowest BCUT2D eigenvalue weighted by Gasteiger charge is -2.40. The molecule has 0 atom stereocenters. The average molecular weight is 345 g/mol. The summed E-state index contributed by atoms with van der Waals surface area (Å²) in [6, 6.07) is 8.53. The molecule has 0 saturated heterocycles. The van der Waals surface area contributed by atoms with Crippen LogP contribution in [0.4, 0.5) is 24.7 Å². The Bertz CT molecular complexity index is 875. The molecule has 5 nitrogen and oxygen atoms in total. The zero-order valence-electron chi connectivity index (χ0n) is 13.1. The van der Waals surface area contributed by atoms with Crippen molar-refractivity contribution in [2.75, 3.05) is 18.0 Å². The molecule has 4 rings (SSSR count). The Morgan fingerprint density at radius 2 is 1.96 bits per heavy atom. The van der Waals surface area contributed by atoms with Crippen molar-refractivity contribution in [3.05, 3.63) is 53.7 Å². The molecular weight excluding hydrogens is 331 g/mol. The number of fused-ring (bicyclic) bond motifs is 3. The van der Waals surface area contributed by atoms with Gasteiger partial charge in [0.1, 0.15) is 5.84 Å². The number of nitrogens with one attached hydrogen (secondary N) is 1. The normalized spacial score (nSPS) is 17.1. The van der Waals surface area contributed by atoms with Gasteiger partial charge in [0.25, 0.3) is 0 Å². The molecule has 8 heteroatoms. The van der Waals surface area contributed by atoms with E-state index in [2.05, 4.69) is 9.98 Å². The van der Waals surface area contributed by atoms with Gasteiger partial charge in [0.2, 0.25) is 5.96 Å². The van der Waals surface area contributed by atoms with Crippen molar-refractivity contribution in [1.29, 1.82) is 5.41 Å². The number of alkyl halides is 3. The van der Waals surface area contributed by atoms with E-state index < -0.39 is 11.7 Å². The third kappa shape index (κ3) is 2.54. The molecule has 0 fully saturated rings. The fourth-order valence-electron chi connectivity index (χ4n) is 3.08. The molecule has 1 aromatic carbocycles. The number of pyridine rings is 1. The van der Waals surface area contributed by atoms with Gasteiger partial charge in [0.05, 0.1) is 16.8 Å². The van der Waals surface area contributed by atoms with Gasteiger partial charge in [-0.15, -0.1) is 0 Å². The molecule has 3 heterocycles. The lowest BCUT2D eigenvalue weighted by molar-refractivity contribution is -0.137. The highest BCUT2D eigenvalue weighted by Crippen LogP contribution is 2.37. The van der Waals surface area contributed by atoms with Gasteiger partial charge in [-0.25, -0.2) is 4.98 Å². The Hall–Kier alpha value is -2.90. The molecule has 2 aliphatic rings. The molecule has 0 radical (unpaired) electrons. The van der Waals surface area contributed by atoms with Crippen LogP contribution in [0.1, 0.15) is 17.5 Å². The second kappa shape index (κ2) is 5.58. The van der Waals surface area contributed by atoms with Gasteiger partial charge >= 0.3 is 6.18 Å². The first-order valence-corrected chi connectivity index (χ1v) is 7.80. The van der Waals surface area contributed by atoms with E-state index in [1.54, 1.807) is 23.2 Å². The molecule has 25 heavy (non-hydrogen) atoms. The quantitative estimate of drug-likeness (QED) is 0.858. The SMILES string of the molecule is N=C1N2CCCN=C2c2cccnc2N1c1cccc(C(F)(F)F)c1. The van der Waals surface area contributed by atoms with E-state index in [4.69, 9.17) is 5.41 Å². The third-order valence-corrected chi connectivity index (χ3v) is 4.20. The van der Waals surface area contributed by atoms with Gasteiger partial charge in [-0.1, -0.05) is 6.07 Å². The molecule has 1 N–H and O–H groups in total. The molecule has 1 aromatic heterocycles. The summed E-state index contributed by atoms with van der Waals surface area (Å²) in [6.07, 6.45) is -2.09. The first kappa shape index (κ1) is 15.6. The molecule has 0 amide bonds. The number of guanidine groups is 1. The van der Waals surface area contributed by atoms with Crippen LogP contribution in [0.5, 0.6) is 0 Å². The highest BCUT2D eigenvalue weighted by molar-refractivity contribution is 6.21. The molecule has 0 unspecified atom stereocenters. The van der Waals surface area contributed by atoms with E-state index in [0.717, 1.165) is 24.1 Å². The number of aliphatic imine (C=N–C) groups is 1. The number of hydrogen-bond donors (Lipinski definition) is 1. The van der Waals surface area contributed by atoms with Gasteiger partial charge in [-0.05, 0) is 36.8 Å². The Labute approximate surface area is 141 Å². The summed E-state index contributed by atoms with van der Waals surface area (Å²) in [5.74, 6) is 1.13. The summed E-state index contributed by atoms with van der Waals surface area (Å²) in [6.45, 7) is 1.26. The van der Waals surface area contributed by atoms with Gasteiger partial charge < -0.3 is 0 Å². The second-order valence-electron chi connectivity index (χ2n) is 5.79. The Morgan fingerprint density at radius 3 is 2.76 bits per heavy atom. The molecule has 0 bridgehead atoms. The van der Waals surface area contributed by atoms with Gasteiger partial charge in [0, 0.05) is 19.3 Å². The Kier molecular flexibility index (Phi) is 3.48. The number of amidine groups is 1. The van der Waals surface area contributed by atoms with Gasteiger partial charge in [-0.3, -0.25) is 20.2 Å². The number of benzene rings is 1. The van der Waals surface area contributed by atoms with Gasteiger partial charge in [0.15, 0.2) is 5.82 Å². The number of hydrogen-bond acceptors (Lipinski definition) is 3. The summed E-state index contributed by atoms with van der Waals surface area (Å²) in [7, 11) is 0. The molecule has 2 aromatic rings. The maximum absolute atomic E-state index is 13.1. The predicted molar refractivity (Wildman–Crippen MR) is 88.3 cm³/mol. The van der Waals surface area contributed by atoms with Crippen molar-refractivity contribution in [2.45, 2.75) is 12.6 Å². The molecule has 0 aliphatic carbocycles. The zero-order valence-corrected chi connectivity index (χ0v) is 13.1. The molecule has 2 aliphatic heterocycles. The van der Waals surface area contributed by atoms with Crippen LogP contribution >= 0.6 is 0 Å². The van der Waals surface area contributed by atoms with E-state index in [-0.39, 0.29) is 11.6 Å². The second-order valence-corrected chi connectivity index (χ2v) is 5.79. The summed E-state index contributed by atoms with van der Waals surface area (Å²) in [4.78, 5) is 11.9. The number of nitrogens with zero attached hydrogens (tertiary/aromatic N) is 4. The van der Waals surface area contributed by atoms with Crippen LogP contribution in [-0.4, -0.2) is 34.8 Å². The van der Waals surface area contributed by atoms with Crippen molar-refractivity contribution in [3.63, 3.8) is 0 Å². The van der Waals surface area contributed by atoms with Crippen LogP contribution in [-0.2, 0) is 6.18 Å². The van der Waals surface area contributed by atoms with Crippen LogP contribution in [0.15, 0.2) is 47.6 Å². The highest BCUT2D eigenvalue weighted by Gasteiger charge is 2.37. The maximum Gasteiger partial charge on any atom is 0.416 e. The number of halogens is 3. The largest absolute Gasteiger partial charge is 0.416 e. The first-order chi connectivity index (χ1) is 12.0. The van der Waals surface area contributed by atoms with Crippen molar-refractivity contribution in [2.24, 2.45) is 4.99 Å². The van der Waals surface area contributed by atoms with E-state index in [9.17, 15) is 13.2 Å². The van der Waals surface area contributed by atoms with Crippen LogP contribution < -0.4 is 4.90 Å². The fraction of sp³-hybridized carbons (Fsp3) is 0.235. The maximum atomic E-state index is 13.1. The van der Waals surface area contributed by atoms with Gasteiger partial charge in [-0.2, -0.15) is 13.2 Å². The van der Waals surface area contributed by atoms with E-state index >= 15 is 0 Å². The van der Waals surface area contributed by atoms with E-state index in [1.807, 2.05) is 6.07 Å². The predicted octanol–water partition coefficient (Wildman–Crippen LogP) is 3.64. The van der Waals surface area contributed by atoms with E-state index in [0.29, 0.717) is 24.7 Å². The zero-order chi connectivity index (χ0) is 17.6.